The molecule has 2 aromatic rings. The van der Waals surface area contributed by atoms with Crippen LogP contribution in [0.5, 0.6) is 0 Å². The molecule has 2 aliphatic rings. The van der Waals surface area contributed by atoms with E-state index in [2.05, 4.69) is 53.3 Å². The lowest BCUT2D eigenvalue weighted by molar-refractivity contribution is 0.378. The Labute approximate surface area is 156 Å². The summed E-state index contributed by atoms with van der Waals surface area (Å²) in [6.07, 6.45) is 2.13. The van der Waals surface area contributed by atoms with Gasteiger partial charge in [0.05, 0.1) is 4.75 Å². The van der Waals surface area contributed by atoms with Gasteiger partial charge in [0.1, 0.15) is 0 Å². The standard InChI is InChI=1S/C22H27NO2S/c1-21(2,3)26(24,25)23-20-19-14-16(19)15-22(20,17-10-6-4-7-11-17)18-12-8-5-9-13-18/h4-13,16,19-20,23H,14-15H2,1-3H3/t16-,19-,20+/m1/s1. The third-order valence-corrected chi connectivity index (χ3v) is 8.36. The fraction of sp³-hybridized carbons (Fsp3) is 0.455. The van der Waals surface area contributed by atoms with Crippen LogP contribution in [0.4, 0.5) is 0 Å². The third-order valence-electron chi connectivity index (χ3n) is 6.19. The molecule has 0 unspecified atom stereocenters. The van der Waals surface area contributed by atoms with Crippen LogP contribution in [0.25, 0.3) is 0 Å². The zero-order valence-corrected chi connectivity index (χ0v) is 16.5. The van der Waals surface area contributed by atoms with Crippen LogP contribution in [0, 0.1) is 11.8 Å². The molecule has 2 fully saturated rings. The van der Waals surface area contributed by atoms with Crippen molar-refractivity contribution in [1.29, 1.82) is 0 Å². The molecule has 1 N–H and O–H groups in total. The summed E-state index contributed by atoms with van der Waals surface area (Å²) < 4.78 is 28.3. The monoisotopic (exact) mass is 369 g/mol. The molecule has 3 atom stereocenters. The van der Waals surface area contributed by atoms with Crippen LogP contribution < -0.4 is 4.72 Å². The van der Waals surface area contributed by atoms with E-state index in [4.69, 9.17) is 0 Å². The number of fused-ring (bicyclic) bond motifs is 1. The first-order valence-electron chi connectivity index (χ1n) is 9.39. The van der Waals surface area contributed by atoms with E-state index in [1.165, 1.54) is 11.1 Å². The first-order chi connectivity index (χ1) is 12.3. The smallest absolute Gasteiger partial charge is 0.212 e. The Morgan fingerprint density at radius 1 is 0.923 bits per heavy atom. The molecule has 4 rings (SSSR count). The van der Waals surface area contributed by atoms with Crippen molar-refractivity contribution >= 4 is 10.0 Å². The van der Waals surface area contributed by atoms with Crippen molar-refractivity contribution in [3.8, 4) is 0 Å². The van der Waals surface area contributed by atoms with E-state index < -0.39 is 14.8 Å². The summed E-state index contributed by atoms with van der Waals surface area (Å²) in [5.41, 5.74) is 2.12. The van der Waals surface area contributed by atoms with Crippen LogP contribution in [0.1, 0.15) is 44.7 Å². The van der Waals surface area contributed by atoms with Crippen LogP contribution in [0.2, 0.25) is 0 Å². The van der Waals surface area contributed by atoms with Crippen molar-refractivity contribution in [2.24, 2.45) is 11.8 Å². The first kappa shape index (κ1) is 17.7. The number of hydrogen-bond donors (Lipinski definition) is 1. The fourth-order valence-corrected chi connectivity index (χ4v) is 5.65. The molecule has 4 heteroatoms. The molecule has 0 radical (unpaired) electrons. The van der Waals surface area contributed by atoms with Crippen molar-refractivity contribution in [3.05, 3.63) is 71.8 Å². The molecule has 0 aromatic heterocycles. The van der Waals surface area contributed by atoms with Gasteiger partial charge in [0, 0.05) is 11.5 Å². The van der Waals surface area contributed by atoms with Crippen LogP contribution >= 0.6 is 0 Å². The van der Waals surface area contributed by atoms with Gasteiger partial charge in [-0.1, -0.05) is 60.7 Å². The summed E-state index contributed by atoms with van der Waals surface area (Å²) in [7, 11) is -3.42. The van der Waals surface area contributed by atoms with Gasteiger partial charge in [0.2, 0.25) is 10.0 Å². The number of sulfonamides is 1. The van der Waals surface area contributed by atoms with Crippen molar-refractivity contribution in [3.63, 3.8) is 0 Å². The van der Waals surface area contributed by atoms with Crippen LogP contribution in [0.15, 0.2) is 60.7 Å². The normalized spacial score (nSPS) is 27.1. The second kappa shape index (κ2) is 5.93. The molecule has 0 heterocycles. The van der Waals surface area contributed by atoms with Gasteiger partial charge in [-0.2, -0.15) is 0 Å². The highest BCUT2D eigenvalue weighted by Crippen LogP contribution is 2.63. The molecule has 0 amide bonds. The highest BCUT2D eigenvalue weighted by atomic mass is 32.2. The molecule has 26 heavy (non-hydrogen) atoms. The summed E-state index contributed by atoms with van der Waals surface area (Å²) in [5.74, 6) is 1.02. The number of nitrogens with one attached hydrogen (secondary N) is 1. The Morgan fingerprint density at radius 2 is 1.42 bits per heavy atom. The van der Waals surface area contributed by atoms with Crippen LogP contribution in [0.3, 0.4) is 0 Å². The van der Waals surface area contributed by atoms with E-state index in [-0.39, 0.29) is 11.5 Å². The Bertz CT molecular complexity index is 845. The van der Waals surface area contributed by atoms with Crippen LogP contribution in [-0.2, 0) is 15.4 Å². The Balaban J connectivity index is 1.86. The van der Waals surface area contributed by atoms with Crippen LogP contribution in [-0.4, -0.2) is 19.2 Å². The molecule has 0 saturated heterocycles. The minimum atomic E-state index is -3.42. The second-order valence-electron chi connectivity index (χ2n) is 8.78. The topological polar surface area (TPSA) is 46.2 Å². The second-order valence-corrected chi connectivity index (χ2v) is 11.2. The highest BCUT2D eigenvalue weighted by Gasteiger charge is 2.63. The van der Waals surface area contributed by atoms with Gasteiger partial charge >= 0.3 is 0 Å². The van der Waals surface area contributed by atoms with E-state index in [9.17, 15) is 8.42 Å². The Hall–Kier alpha value is -1.65. The molecule has 2 aromatic carbocycles. The Morgan fingerprint density at radius 3 is 1.88 bits per heavy atom. The zero-order valence-electron chi connectivity index (χ0n) is 15.6. The molecule has 2 aliphatic carbocycles. The van der Waals surface area contributed by atoms with Gasteiger partial charge in [-0.15, -0.1) is 0 Å². The van der Waals surface area contributed by atoms with Gasteiger partial charge in [0.25, 0.3) is 0 Å². The van der Waals surface area contributed by atoms with Crippen molar-refractivity contribution < 1.29 is 8.42 Å². The molecule has 0 bridgehead atoms. The maximum absolute atomic E-state index is 13.0. The summed E-state index contributed by atoms with van der Waals surface area (Å²) in [5, 5.41) is 0. The summed E-state index contributed by atoms with van der Waals surface area (Å²) in [6, 6.07) is 20.8. The van der Waals surface area contributed by atoms with Crippen molar-refractivity contribution in [2.75, 3.05) is 0 Å². The highest BCUT2D eigenvalue weighted by molar-refractivity contribution is 7.90. The van der Waals surface area contributed by atoms with Gasteiger partial charge in [-0.3, -0.25) is 0 Å². The SMILES string of the molecule is CC(C)(C)S(=O)(=O)N[C@H]1[C@@H]2C[C@@H]2CC1(c1ccccc1)c1ccccc1. The predicted molar refractivity (Wildman–Crippen MR) is 105 cm³/mol. The summed E-state index contributed by atoms with van der Waals surface area (Å²) >= 11 is 0. The van der Waals surface area contributed by atoms with Gasteiger partial charge in [-0.25, -0.2) is 13.1 Å². The fourth-order valence-electron chi connectivity index (χ4n) is 4.58. The number of benzene rings is 2. The predicted octanol–water partition coefficient (Wildman–Crippen LogP) is 4.10. The van der Waals surface area contributed by atoms with E-state index >= 15 is 0 Å². The lowest BCUT2D eigenvalue weighted by Gasteiger charge is -2.40. The number of rotatable bonds is 4. The van der Waals surface area contributed by atoms with E-state index in [1.807, 2.05) is 12.1 Å². The van der Waals surface area contributed by atoms with Gasteiger partial charge < -0.3 is 0 Å². The lowest BCUT2D eigenvalue weighted by atomic mass is 9.68. The average Bonchev–Trinajstić information content (AvgIpc) is 3.31. The molecular weight excluding hydrogens is 342 g/mol. The summed E-state index contributed by atoms with van der Waals surface area (Å²) in [6.45, 7) is 5.30. The minimum absolute atomic E-state index is 0.0958. The first-order valence-corrected chi connectivity index (χ1v) is 10.9. The molecule has 0 aliphatic heterocycles. The quantitative estimate of drug-likeness (QED) is 0.882. The van der Waals surface area contributed by atoms with Crippen molar-refractivity contribution in [1.82, 2.24) is 4.72 Å². The van der Waals surface area contributed by atoms with Gasteiger partial charge in [-0.05, 0) is 56.6 Å². The molecule has 3 nitrogen and oxygen atoms in total. The van der Waals surface area contributed by atoms with E-state index in [0.29, 0.717) is 11.8 Å². The van der Waals surface area contributed by atoms with E-state index in [0.717, 1.165) is 12.8 Å². The van der Waals surface area contributed by atoms with E-state index in [1.54, 1.807) is 20.8 Å². The molecule has 138 valence electrons. The largest absolute Gasteiger partial charge is 0.216 e. The summed E-state index contributed by atoms with van der Waals surface area (Å²) in [4.78, 5) is 0. The number of hydrogen-bond acceptors (Lipinski definition) is 2. The third kappa shape index (κ3) is 2.71. The van der Waals surface area contributed by atoms with Crippen molar-refractivity contribution in [2.45, 2.75) is 49.8 Å². The van der Waals surface area contributed by atoms with Gasteiger partial charge in [0.15, 0.2) is 0 Å². The zero-order chi connectivity index (χ0) is 18.6. The molecule has 0 spiro atoms. The maximum Gasteiger partial charge on any atom is 0.216 e. The minimum Gasteiger partial charge on any atom is -0.212 e. The lowest BCUT2D eigenvalue weighted by Crippen LogP contribution is -2.53. The molecular formula is C22H27NO2S. The average molecular weight is 370 g/mol. The Kier molecular flexibility index (Phi) is 4.05. The maximum atomic E-state index is 13.0. The molecule has 2 saturated carbocycles.